The Morgan fingerprint density at radius 1 is 1.35 bits per heavy atom. The minimum atomic E-state index is -0.283. The van der Waals surface area contributed by atoms with E-state index >= 15 is 0 Å². The average Bonchev–Trinajstić information content (AvgIpc) is 2.72. The maximum atomic E-state index is 13.5. The first kappa shape index (κ1) is 12.0. The van der Waals surface area contributed by atoms with E-state index in [-0.39, 0.29) is 11.6 Å². The van der Waals surface area contributed by atoms with Crippen LogP contribution in [0.2, 0.25) is 0 Å². The van der Waals surface area contributed by atoms with Crippen LogP contribution in [0.1, 0.15) is 28.8 Å². The minimum absolute atomic E-state index is 0.133. The highest BCUT2D eigenvalue weighted by Gasteiger charge is 2.09. The standard InChI is InChI=1S/C13H10BrFO2/c1-8(16)13-5-3-11(17-13)7-9-6-10(14)2-4-12(9)15/h2-6H,7H2,1H3. The van der Waals surface area contributed by atoms with Crippen LogP contribution in [0.15, 0.2) is 39.2 Å². The molecular formula is C13H10BrFO2. The molecule has 0 saturated heterocycles. The van der Waals surface area contributed by atoms with Crippen LogP contribution in [0.25, 0.3) is 0 Å². The number of Topliss-reactive ketones (excluding diaryl/α,β-unsaturated/α-hetero) is 1. The SMILES string of the molecule is CC(=O)c1ccc(Cc2cc(Br)ccc2F)o1. The Labute approximate surface area is 107 Å². The number of ketones is 1. The normalized spacial score (nSPS) is 10.5. The first-order chi connectivity index (χ1) is 8.06. The van der Waals surface area contributed by atoms with Gasteiger partial charge in [-0.2, -0.15) is 0 Å². The van der Waals surface area contributed by atoms with Gasteiger partial charge in [-0.1, -0.05) is 15.9 Å². The van der Waals surface area contributed by atoms with Crippen LogP contribution in [-0.2, 0) is 6.42 Å². The summed E-state index contributed by atoms with van der Waals surface area (Å²) in [7, 11) is 0. The van der Waals surface area contributed by atoms with Crippen LogP contribution in [0.4, 0.5) is 4.39 Å². The summed E-state index contributed by atoms with van der Waals surface area (Å²) in [5.74, 6) is 0.461. The maximum Gasteiger partial charge on any atom is 0.194 e. The zero-order valence-corrected chi connectivity index (χ0v) is 10.8. The highest BCUT2D eigenvalue weighted by atomic mass is 79.9. The summed E-state index contributed by atoms with van der Waals surface area (Å²) in [6.07, 6.45) is 0.332. The van der Waals surface area contributed by atoms with E-state index in [1.807, 2.05) is 0 Å². The van der Waals surface area contributed by atoms with Gasteiger partial charge in [-0.25, -0.2) is 4.39 Å². The van der Waals surface area contributed by atoms with Gasteiger partial charge in [0, 0.05) is 17.8 Å². The monoisotopic (exact) mass is 296 g/mol. The van der Waals surface area contributed by atoms with Gasteiger partial charge in [-0.05, 0) is 35.9 Å². The molecule has 0 bridgehead atoms. The Morgan fingerprint density at radius 3 is 2.76 bits per heavy atom. The fourth-order valence-corrected chi connectivity index (χ4v) is 1.94. The Balaban J connectivity index is 2.25. The number of rotatable bonds is 3. The molecule has 0 aliphatic heterocycles. The first-order valence-electron chi connectivity index (χ1n) is 5.10. The third-order valence-electron chi connectivity index (χ3n) is 2.38. The summed E-state index contributed by atoms with van der Waals surface area (Å²) in [5.41, 5.74) is 0.531. The second-order valence-electron chi connectivity index (χ2n) is 3.73. The Morgan fingerprint density at radius 2 is 2.12 bits per heavy atom. The second kappa shape index (κ2) is 4.84. The van der Waals surface area contributed by atoms with Gasteiger partial charge in [0.15, 0.2) is 11.5 Å². The van der Waals surface area contributed by atoms with Crippen molar-refractivity contribution in [2.45, 2.75) is 13.3 Å². The molecule has 2 rings (SSSR count). The molecule has 0 unspecified atom stereocenters. The summed E-state index contributed by atoms with van der Waals surface area (Å²) < 4.78 is 19.6. The van der Waals surface area contributed by atoms with Crippen molar-refractivity contribution in [1.82, 2.24) is 0 Å². The van der Waals surface area contributed by atoms with E-state index < -0.39 is 0 Å². The molecule has 1 aromatic carbocycles. The Hall–Kier alpha value is -1.42. The van der Waals surface area contributed by atoms with Crippen molar-refractivity contribution >= 4 is 21.7 Å². The third kappa shape index (κ3) is 2.82. The van der Waals surface area contributed by atoms with Crippen molar-refractivity contribution < 1.29 is 13.6 Å². The molecule has 2 nitrogen and oxygen atoms in total. The number of benzene rings is 1. The van der Waals surface area contributed by atoms with E-state index in [2.05, 4.69) is 15.9 Å². The smallest absolute Gasteiger partial charge is 0.194 e. The molecule has 0 N–H and O–H groups in total. The molecule has 0 aliphatic carbocycles. The molecule has 0 saturated carbocycles. The number of halogens is 2. The number of carbonyl (C=O) groups is 1. The second-order valence-corrected chi connectivity index (χ2v) is 4.65. The molecule has 2 aromatic rings. The molecule has 0 aliphatic rings. The summed E-state index contributed by atoms with van der Waals surface area (Å²) in [5, 5.41) is 0. The zero-order chi connectivity index (χ0) is 12.4. The van der Waals surface area contributed by atoms with Crippen LogP contribution < -0.4 is 0 Å². The third-order valence-corrected chi connectivity index (χ3v) is 2.87. The van der Waals surface area contributed by atoms with Gasteiger partial charge in [0.1, 0.15) is 11.6 Å². The van der Waals surface area contributed by atoms with E-state index in [0.717, 1.165) is 4.47 Å². The summed E-state index contributed by atoms with van der Waals surface area (Å²) in [6.45, 7) is 1.43. The lowest BCUT2D eigenvalue weighted by atomic mass is 10.1. The fraction of sp³-hybridized carbons (Fsp3) is 0.154. The van der Waals surface area contributed by atoms with Gasteiger partial charge in [0.05, 0.1) is 0 Å². The number of furan rings is 1. The summed E-state index contributed by atoms with van der Waals surface area (Å²) in [4.78, 5) is 11.1. The van der Waals surface area contributed by atoms with Gasteiger partial charge in [0.2, 0.25) is 0 Å². The van der Waals surface area contributed by atoms with Crippen LogP contribution in [0, 0.1) is 5.82 Å². The van der Waals surface area contributed by atoms with E-state index in [0.29, 0.717) is 23.5 Å². The average molecular weight is 297 g/mol. The number of carbonyl (C=O) groups excluding carboxylic acids is 1. The lowest BCUT2D eigenvalue weighted by molar-refractivity contribution is 0.0985. The highest BCUT2D eigenvalue weighted by Crippen LogP contribution is 2.20. The number of hydrogen-bond donors (Lipinski definition) is 0. The predicted octanol–water partition coefficient (Wildman–Crippen LogP) is 3.97. The molecule has 0 atom stereocenters. The molecule has 88 valence electrons. The molecule has 0 amide bonds. The molecule has 1 aromatic heterocycles. The summed E-state index contributed by atoms with van der Waals surface area (Å²) in [6, 6.07) is 8.03. The van der Waals surface area contributed by atoms with Crippen molar-refractivity contribution in [2.24, 2.45) is 0 Å². The van der Waals surface area contributed by atoms with Crippen LogP contribution in [0.5, 0.6) is 0 Å². The van der Waals surface area contributed by atoms with Gasteiger partial charge >= 0.3 is 0 Å². The van der Waals surface area contributed by atoms with Crippen molar-refractivity contribution in [1.29, 1.82) is 0 Å². The van der Waals surface area contributed by atoms with E-state index in [9.17, 15) is 9.18 Å². The molecule has 17 heavy (non-hydrogen) atoms. The van der Waals surface area contributed by atoms with Crippen molar-refractivity contribution in [2.75, 3.05) is 0 Å². The quantitative estimate of drug-likeness (QED) is 0.802. The zero-order valence-electron chi connectivity index (χ0n) is 9.17. The Bertz CT molecular complexity index is 560. The van der Waals surface area contributed by atoms with Crippen LogP contribution >= 0.6 is 15.9 Å². The predicted molar refractivity (Wildman–Crippen MR) is 65.6 cm³/mol. The largest absolute Gasteiger partial charge is 0.458 e. The van der Waals surface area contributed by atoms with Crippen LogP contribution in [-0.4, -0.2) is 5.78 Å². The van der Waals surface area contributed by atoms with Crippen molar-refractivity contribution in [3.05, 3.63) is 57.7 Å². The topological polar surface area (TPSA) is 30.2 Å². The van der Waals surface area contributed by atoms with E-state index in [1.54, 1.807) is 24.3 Å². The lowest BCUT2D eigenvalue weighted by Crippen LogP contribution is -1.92. The fourth-order valence-electron chi connectivity index (χ4n) is 1.53. The van der Waals surface area contributed by atoms with E-state index in [4.69, 9.17) is 4.42 Å². The molecule has 0 radical (unpaired) electrons. The van der Waals surface area contributed by atoms with Gasteiger partial charge in [-0.15, -0.1) is 0 Å². The lowest BCUT2D eigenvalue weighted by Gasteiger charge is -2.01. The molecular weight excluding hydrogens is 287 g/mol. The minimum Gasteiger partial charge on any atom is -0.458 e. The molecule has 4 heteroatoms. The van der Waals surface area contributed by atoms with Crippen molar-refractivity contribution in [3.8, 4) is 0 Å². The number of hydrogen-bond acceptors (Lipinski definition) is 2. The van der Waals surface area contributed by atoms with Gasteiger partial charge < -0.3 is 4.42 Å². The first-order valence-corrected chi connectivity index (χ1v) is 5.89. The van der Waals surface area contributed by atoms with E-state index in [1.165, 1.54) is 13.0 Å². The van der Waals surface area contributed by atoms with Crippen LogP contribution in [0.3, 0.4) is 0 Å². The van der Waals surface area contributed by atoms with Gasteiger partial charge in [-0.3, -0.25) is 4.79 Å². The highest BCUT2D eigenvalue weighted by molar-refractivity contribution is 9.10. The Kier molecular flexibility index (Phi) is 3.43. The molecule has 1 heterocycles. The maximum absolute atomic E-state index is 13.5. The van der Waals surface area contributed by atoms with Crippen molar-refractivity contribution in [3.63, 3.8) is 0 Å². The van der Waals surface area contributed by atoms with Gasteiger partial charge in [0.25, 0.3) is 0 Å². The summed E-state index contributed by atoms with van der Waals surface area (Å²) >= 11 is 3.29. The molecule has 0 spiro atoms. The molecule has 0 fully saturated rings.